The van der Waals surface area contributed by atoms with Gasteiger partial charge in [0.15, 0.2) is 6.10 Å². The third-order valence-corrected chi connectivity index (χ3v) is 3.79. The molecule has 2 atom stereocenters. The summed E-state index contributed by atoms with van der Waals surface area (Å²) in [6, 6.07) is 0.113. The van der Waals surface area contributed by atoms with Gasteiger partial charge in [0, 0.05) is 25.4 Å². The second-order valence-electron chi connectivity index (χ2n) is 5.18. The Bertz CT molecular complexity index is 468. The molecule has 1 aromatic rings. The molecule has 7 nitrogen and oxygen atoms in total. The minimum absolute atomic E-state index is 0.0794. The van der Waals surface area contributed by atoms with Gasteiger partial charge in [0.05, 0.1) is 19.8 Å². The van der Waals surface area contributed by atoms with Gasteiger partial charge in [-0.3, -0.25) is 4.79 Å². The summed E-state index contributed by atoms with van der Waals surface area (Å²) in [5.41, 5.74) is 0. The van der Waals surface area contributed by atoms with Crippen molar-refractivity contribution in [3.8, 4) is 0 Å². The van der Waals surface area contributed by atoms with Gasteiger partial charge in [-0.25, -0.2) is 0 Å². The minimum atomic E-state index is -0.475. The molecule has 1 saturated heterocycles. The number of nitrogens with zero attached hydrogens (tertiary/aromatic N) is 3. The zero-order valence-corrected chi connectivity index (χ0v) is 11.7. The number of nitrogens with one attached hydrogen (secondary N) is 1. The maximum Gasteiger partial charge on any atom is 0.251 e. The van der Waals surface area contributed by atoms with E-state index in [1.807, 2.05) is 0 Å². The SMILES string of the molecule is CCc1nnc2n1C[C@H](NC(=O)[C@@H]1COCCO1)CC2. The van der Waals surface area contributed by atoms with Gasteiger partial charge in [0.25, 0.3) is 5.91 Å². The Kier molecular flexibility index (Phi) is 3.98. The molecule has 2 aliphatic rings. The molecule has 1 amide bonds. The van der Waals surface area contributed by atoms with Crippen LogP contribution in [0.4, 0.5) is 0 Å². The molecule has 1 fully saturated rings. The van der Waals surface area contributed by atoms with Crippen LogP contribution in [0, 0.1) is 0 Å². The highest BCUT2D eigenvalue weighted by Crippen LogP contribution is 2.16. The molecule has 20 heavy (non-hydrogen) atoms. The van der Waals surface area contributed by atoms with Crippen molar-refractivity contribution < 1.29 is 14.3 Å². The van der Waals surface area contributed by atoms with E-state index in [4.69, 9.17) is 9.47 Å². The maximum atomic E-state index is 12.1. The normalized spacial score (nSPS) is 26.1. The number of carbonyl (C=O) groups excluding carboxylic acids is 1. The highest BCUT2D eigenvalue weighted by molar-refractivity contribution is 5.81. The number of carbonyl (C=O) groups is 1. The quantitative estimate of drug-likeness (QED) is 0.821. The van der Waals surface area contributed by atoms with Crippen molar-refractivity contribution in [1.82, 2.24) is 20.1 Å². The van der Waals surface area contributed by atoms with Crippen molar-refractivity contribution in [2.45, 2.75) is 44.9 Å². The largest absolute Gasteiger partial charge is 0.376 e. The number of amides is 1. The Morgan fingerprint density at radius 3 is 3.10 bits per heavy atom. The maximum absolute atomic E-state index is 12.1. The van der Waals surface area contributed by atoms with E-state index >= 15 is 0 Å². The predicted octanol–water partition coefficient (Wildman–Crippen LogP) is -0.313. The molecular weight excluding hydrogens is 260 g/mol. The summed E-state index contributed by atoms with van der Waals surface area (Å²) in [7, 11) is 0. The van der Waals surface area contributed by atoms with E-state index in [9.17, 15) is 4.79 Å². The summed E-state index contributed by atoms with van der Waals surface area (Å²) in [6.07, 6.45) is 2.12. The number of hydrogen-bond donors (Lipinski definition) is 1. The van der Waals surface area contributed by atoms with Crippen LogP contribution in [0.2, 0.25) is 0 Å². The highest BCUT2D eigenvalue weighted by atomic mass is 16.6. The van der Waals surface area contributed by atoms with Crippen molar-refractivity contribution >= 4 is 5.91 Å². The smallest absolute Gasteiger partial charge is 0.251 e. The third kappa shape index (κ3) is 2.69. The minimum Gasteiger partial charge on any atom is -0.376 e. The van der Waals surface area contributed by atoms with Crippen molar-refractivity contribution in [2.75, 3.05) is 19.8 Å². The van der Waals surface area contributed by atoms with Crippen molar-refractivity contribution in [3.05, 3.63) is 11.6 Å². The first-order valence-electron chi connectivity index (χ1n) is 7.18. The summed E-state index contributed by atoms with van der Waals surface area (Å²) in [4.78, 5) is 12.1. The second-order valence-corrected chi connectivity index (χ2v) is 5.18. The van der Waals surface area contributed by atoms with Crippen LogP contribution in [0.5, 0.6) is 0 Å². The number of hydrogen-bond acceptors (Lipinski definition) is 5. The van der Waals surface area contributed by atoms with Crippen LogP contribution in [0.25, 0.3) is 0 Å². The molecule has 1 N–H and O–H groups in total. The molecule has 3 rings (SSSR count). The van der Waals surface area contributed by atoms with Gasteiger partial charge in [-0.2, -0.15) is 0 Å². The van der Waals surface area contributed by atoms with Gasteiger partial charge in [-0.05, 0) is 6.42 Å². The highest BCUT2D eigenvalue weighted by Gasteiger charge is 2.28. The fourth-order valence-electron chi connectivity index (χ4n) is 2.70. The number of aryl methyl sites for hydroxylation is 2. The Morgan fingerprint density at radius 2 is 2.35 bits per heavy atom. The predicted molar refractivity (Wildman–Crippen MR) is 70.2 cm³/mol. The molecular formula is C13H20N4O3. The van der Waals surface area contributed by atoms with Gasteiger partial charge in [-0.15, -0.1) is 10.2 Å². The summed E-state index contributed by atoms with van der Waals surface area (Å²) in [5.74, 6) is 1.92. The van der Waals surface area contributed by atoms with Gasteiger partial charge in [0.1, 0.15) is 11.6 Å². The summed E-state index contributed by atoms with van der Waals surface area (Å²) in [5, 5.41) is 11.4. The van der Waals surface area contributed by atoms with Crippen LogP contribution < -0.4 is 5.32 Å². The lowest BCUT2D eigenvalue weighted by atomic mass is 10.1. The number of rotatable bonds is 3. The fraction of sp³-hybridized carbons (Fsp3) is 0.769. The standard InChI is InChI=1S/C13H20N4O3/c1-2-11-15-16-12-4-3-9(7-17(11)12)14-13(18)10-8-19-5-6-20-10/h9-10H,2-8H2,1H3,(H,14,18)/t9-,10+/m1/s1. The van der Waals surface area contributed by atoms with Crippen LogP contribution in [0.15, 0.2) is 0 Å². The molecule has 0 bridgehead atoms. The van der Waals surface area contributed by atoms with Crippen molar-refractivity contribution in [3.63, 3.8) is 0 Å². The van der Waals surface area contributed by atoms with Gasteiger partial charge < -0.3 is 19.4 Å². The van der Waals surface area contributed by atoms with Crippen molar-refractivity contribution in [1.29, 1.82) is 0 Å². The molecule has 0 aromatic carbocycles. The molecule has 2 aliphatic heterocycles. The fourth-order valence-corrected chi connectivity index (χ4v) is 2.70. The molecule has 0 spiro atoms. The van der Waals surface area contributed by atoms with E-state index in [1.54, 1.807) is 0 Å². The lowest BCUT2D eigenvalue weighted by Crippen LogP contribution is -2.49. The third-order valence-electron chi connectivity index (χ3n) is 3.79. The monoisotopic (exact) mass is 280 g/mol. The molecule has 7 heteroatoms. The molecule has 0 unspecified atom stereocenters. The van der Waals surface area contributed by atoms with E-state index in [2.05, 4.69) is 27.0 Å². The number of fused-ring (bicyclic) bond motifs is 1. The Hall–Kier alpha value is -1.47. The Balaban J connectivity index is 1.60. The Labute approximate surface area is 117 Å². The van der Waals surface area contributed by atoms with E-state index in [0.29, 0.717) is 19.8 Å². The van der Waals surface area contributed by atoms with Crippen LogP contribution in [-0.4, -0.2) is 52.6 Å². The van der Waals surface area contributed by atoms with Crippen LogP contribution in [0.3, 0.4) is 0 Å². The second kappa shape index (κ2) is 5.88. The van der Waals surface area contributed by atoms with Crippen LogP contribution in [0.1, 0.15) is 25.0 Å². The molecule has 3 heterocycles. The van der Waals surface area contributed by atoms with E-state index in [1.165, 1.54) is 0 Å². The number of aromatic nitrogens is 3. The first-order chi connectivity index (χ1) is 9.78. The molecule has 110 valence electrons. The first-order valence-corrected chi connectivity index (χ1v) is 7.18. The molecule has 1 aromatic heterocycles. The van der Waals surface area contributed by atoms with Gasteiger partial charge in [0.2, 0.25) is 0 Å². The average Bonchev–Trinajstić information content (AvgIpc) is 2.90. The lowest BCUT2D eigenvalue weighted by molar-refractivity contribution is -0.148. The zero-order valence-electron chi connectivity index (χ0n) is 11.7. The summed E-state index contributed by atoms with van der Waals surface area (Å²) in [6.45, 7) is 4.20. The van der Waals surface area contributed by atoms with Crippen LogP contribution in [-0.2, 0) is 33.7 Å². The zero-order chi connectivity index (χ0) is 13.9. The molecule has 0 saturated carbocycles. The summed E-state index contributed by atoms with van der Waals surface area (Å²) < 4.78 is 12.8. The first kappa shape index (κ1) is 13.5. The molecule has 0 radical (unpaired) electrons. The Morgan fingerprint density at radius 1 is 1.45 bits per heavy atom. The van der Waals surface area contributed by atoms with E-state index < -0.39 is 6.10 Å². The average molecular weight is 280 g/mol. The number of ether oxygens (including phenoxy) is 2. The lowest BCUT2D eigenvalue weighted by Gasteiger charge is -2.28. The van der Waals surface area contributed by atoms with Gasteiger partial charge >= 0.3 is 0 Å². The van der Waals surface area contributed by atoms with E-state index in [0.717, 1.165) is 37.5 Å². The molecule has 0 aliphatic carbocycles. The van der Waals surface area contributed by atoms with Gasteiger partial charge in [-0.1, -0.05) is 6.92 Å². The van der Waals surface area contributed by atoms with Crippen molar-refractivity contribution in [2.24, 2.45) is 0 Å². The summed E-state index contributed by atoms with van der Waals surface area (Å²) >= 11 is 0. The van der Waals surface area contributed by atoms with E-state index in [-0.39, 0.29) is 11.9 Å². The van der Waals surface area contributed by atoms with Crippen LogP contribution >= 0.6 is 0 Å². The topological polar surface area (TPSA) is 78.3 Å².